The highest BCUT2D eigenvalue weighted by atomic mass is 16.7. The van der Waals surface area contributed by atoms with E-state index in [9.17, 15) is 9.90 Å². The number of hydrogen-bond acceptors (Lipinski definition) is 8. The lowest BCUT2D eigenvalue weighted by atomic mass is 9.72. The molecule has 2 aromatic rings. The SMILES string of the molecule is COc1cc([C@@H]2c3cc4c(cc3O[C@](C)(O)[C@@H]2C(C)=O)OCO4)cc(OC)c1OC. The van der Waals surface area contributed by atoms with E-state index in [1.54, 1.807) is 24.3 Å². The summed E-state index contributed by atoms with van der Waals surface area (Å²) in [6, 6.07) is 7.01. The molecule has 2 aliphatic heterocycles. The number of ketones is 1. The van der Waals surface area contributed by atoms with Crippen LogP contribution < -0.4 is 28.4 Å². The molecule has 0 radical (unpaired) electrons. The number of benzene rings is 2. The topological polar surface area (TPSA) is 92.7 Å². The molecule has 2 heterocycles. The van der Waals surface area contributed by atoms with Crippen molar-refractivity contribution >= 4 is 5.78 Å². The molecule has 2 aliphatic rings. The Morgan fingerprint density at radius 1 is 1.00 bits per heavy atom. The minimum atomic E-state index is -1.74. The molecule has 8 heteroatoms. The predicted molar refractivity (Wildman–Crippen MR) is 106 cm³/mol. The molecule has 0 unspecified atom stereocenters. The highest BCUT2D eigenvalue weighted by Crippen LogP contribution is 2.53. The largest absolute Gasteiger partial charge is 0.493 e. The van der Waals surface area contributed by atoms with Crippen molar-refractivity contribution < 1.29 is 38.3 Å². The number of ether oxygens (including phenoxy) is 6. The van der Waals surface area contributed by atoms with Gasteiger partial charge in [0.25, 0.3) is 0 Å². The second-order valence-corrected chi connectivity index (χ2v) is 7.42. The van der Waals surface area contributed by atoms with E-state index in [4.69, 9.17) is 28.4 Å². The van der Waals surface area contributed by atoms with Crippen LogP contribution in [0.5, 0.6) is 34.5 Å². The van der Waals surface area contributed by atoms with Crippen LogP contribution in [-0.4, -0.2) is 44.8 Å². The standard InChI is InChI=1S/C22H24O8/c1-11(23)20-19(12-6-17(25-3)21(27-5)18(7-12)26-4)13-8-15-16(29-10-28-15)9-14(13)30-22(20,2)24/h6-9,19-20,24H,10H2,1-5H3/t19-,20-,22+/m1/s1. The van der Waals surface area contributed by atoms with Crippen LogP contribution in [0.4, 0.5) is 0 Å². The van der Waals surface area contributed by atoms with Crippen LogP contribution >= 0.6 is 0 Å². The Morgan fingerprint density at radius 3 is 2.13 bits per heavy atom. The molecule has 0 fully saturated rings. The molecule has 1 N–H and O–H groups in total. The normalized spacial score (nSPS) is 23.9. The van der Waals surface area contributed by atoms with Gasteiger partial charge in [0.1, 0.15) is 11.5 Å². The number of carbonyl (C=O) groups is 1. The van der Waals surface area contributed by atoms with Gasteiger partial charge in [-0.15, -0.1) is 0 Å². The molecule has 0 aromatic heterocycles. The minimum Gasteiger partial charge on any atom is -0.493 e. The molecule has 160 valence electrons. The second kappa shape index (κ2) is 7.28. The third-order valence-corrected chi connectivity index (χ3v) is 5.55. The molecule has 2 aromatic carbocycles. The lowest BCUT2D eigenvalue weighted by Crippen LogP contribution is -2.50. The van der Waals surface area contributed by atoms with Crippen molar-refractivity contribution in [1.29, 1.82) is 0 Å². The third kappa shape index (κ3) is 3.08. The monoisotopic (exact) mass is 416 g/mol. The Kier molecular flexibility index (Phi) is 4.89. The second-order valence-electron chi connectivity index (χ2n) is 7.42. The smallest absolute Gasteiger partial charge is 0.231 e. The molecule has 0 aliphatic carbocycles. The molecule has 0 amide bonds. The summed E-state index contributed by atoms with van der Waals surface area (Å²) in [6.45, 7) is 3.02. The molecule has 0 spiro atoms. The fourth-order valence-electron chi connectivity index (χ4n) is 4.31. The molecule has 3 atom stereocenters. The van der Waals surface area contributed by atoms with Gasteiger partial charge in [-0.2, -0.15) is 0 Å². The van der Waals surface area contributed by atoms with E-state index >= 15 is 0 Å². The molecule has 0 saturated carbocycles. The summed E-state index contributed by atoms with van der Waals surface area (Å²) >= 11 is 0. The van der Waals surface area contributed by atoms with Gasteiger partial charge >= 0.3 is 0 Å². The van der Waals surface area contributed by atoms with Gasteiger partial charge < -0.3 is 33.5 Å². The van der Waals surface area contributed by atoms with Crippen LogP contribution in [0.2, 0.25) is 0 Å². The van der Waals surface area contributed by atoms with Crippen molar-refractivity contribution in [2.24, 2.45) is 5.92 Å². The first-order valence-corrected chi connectivity index (χ1v) is 9.46. The number of hydrogen-bond donors (Lipinski definition) is 1. The Labute approximate surface area is 174 Å². The van der Waals surface area contributed by atoms with Gasteiger partial charge in [0.05, 0.1) is 27.2 Å². The van der Waals surface area contributed by atoms with Crippen molar-refractivity contribution in [3.63, 3.8) is 0 Å². The Balaban J connectivity index is 1.98. The summed E-state index contributed by atoms with van der Waals surface area (Å²) in [5, 5.41) is 11.1. The average Bonchev–Trinajstić information content (AvgIpc) is 3.16. The van der Waals surface area contributed by atoms with E-state index in [0.29, 0.717) is 45.6 Å². The average molecular weight is 416 g/mol. The molecule has 4 rings (SSSR count). The van der Waals surface area contributed by atoms with E-state index in [0.717, 1.165) is 0 Å². The van der Waals surface area contributed by atoms with Crippen LogP contribution in [0.3, 0.4) is 0 Å². The molecule has 0 bridgehead atoms. The summed E-state index contributed by atoms with van der Waals surface area (Å²) in [5.74, 6) is -0.566. The van der Waals surface area contributed by atoms with Crippen LogP contribution in [0, 0.1) is 5.92 Å². The molecular formula is C22H24O8. The van der Waals surface area contributed by atoms with Crippen LogP contribution in [0.25, 0.3) is 0 Å². The van der Waals surface area contributed by atoms with E-state index in [-0.39, 0.29) is 12.6 Å². The van der Waals surface area contributed by atoms with Crippen LogP contribution in [-0.2, 0) is 4.79 Å². The summed E-state index contributed by atoms with van der Waals surface area (Å²) in [5.41, 5.74) is 1.40. The quantitative estimate of drug-likeness (QED) is 0.796. The number of Topliss-reactive ketones (excluding diaryl/α,β-unsaturated/α-hetero) is 1. The number of rotatable bonds is 5. The van der Waals surface area contributed by atoms with E-state index in [1.807, 2.05) is 0 Å². The van der Waals surface area contributed by atoms with Crippen molar-refractivity contribution in [1.82, 2.24) is 0 Å². The maximum absolute atomic E-state index is 12.7. The fourth-order valence-corrected chi connectivity index (χ4v) is 4.31. The third-order valence-electron chi connectivity index (χ3n) is 5.55. The van der Waals surface area contributed by atoms with Crippen molar-refractivity contribution in [2.75, 3.05) is 28.1 Å². The van der Waals surface area contributed by atoms with Gasteiger partial charge in [0.15, 0.2) is 23.0 Å². The zero-order valence-corrected chi connectivity index (χ0v) is 17.5. The molecule has 8 nitrogen and oxygen atoms in total. The molecular weight excluding hydrogens is 392 g/mol. The van der Waals surface area contributed by atoms with Gasteiger partial charge in [0, 0.05) is 24.5 Å². The van der Waals surface area contributed by atoms with Crippen LogP contribution in [0.15, 0.2) is 24.3 Å². The van der Waals surface area contributed by atoms with Gasteiger partial charge in [0.2, 0.25) is 18.3 Å². The minimum absolute atomic E-state index is 0.0968. The first-order valence-electron chi connectivity index (χ1n) is 9.46. The summed E-state index contributed by atoms with van der Waals surface area (Å²) in [7, 11) is 4.57. The first kappa shape index (κ1) is 20.2. The fraction of sp³-hybridized carbons (Fsp3) is 0.409. The highest BCUT2D eigenvalue weighted by molar-refractivity contribution is 5.82. The number of fused-ring (bicyclic) bond motifs is 2. The lowest BCUT2D eigenvalue weighted by molar-refractivity contribution is -0.181. The van der Waals surface area contributed by atoms with Gasteiger partial charge in [-0.3, -0.25) is 4.79 Å². The van der Waals surface area contributed by atoms with Crippen molar-refractivity contribution in [3.8, 4) is 34.5 Å². The van der Waals surface area contributed by atoms with Crippen LogP contribution in [0.1, 0.15) is 30.9 Å². The Hall–Kier alpha value is -3.13. The molecule has 30 heavy (non-hydrogen) atoms. The van der Waals surface area contributed by atoms with E-state index in [2.05, 4.69) is 0 Å². The lowest BCUT2D eigenvalue weighted by Gasteiger charge is -2.42. The van der Waals surface area contributed by atoms with Gasteiger partial charge in [-0.25, -0.2) is 0 Å². The number of carbonyl (C=O) groups excluding carboxylic acids is 1. The Bertz CT molecular complexity index is 972. The maximum Gasteiger partial charge on any atom is 0.231 e. The highest BCUT2D eigenvalue weighted by Gasteiger charge is 2.50. The van der Waals surface area contributed by atoms with Gasteiger partial charge in [-0.1, -0.05) is 0 Å². The zero-order chi connectivity index (χ0) is 21.6. The summed E-state index contributed by atoms with van der Waals surface area (Å²) < 4.78 is 33.2. The van der Waals surface area contributed by atoms with E-state index in [1.165, 1.54) is 35.2 Å². The summed E-state index contributed by atoms with van der Waals surface area (Å²) in [6.07, 6.45) is 0. The number of methoxy groups -OCH3 is 3. The zero-order valence-electron chi connectivity index (χ0n) is 17.5. The first-order chi connectivity index (χ1) is 14.3. The van der Waals surface area contributed by atoms with Gasteiger partial charge in [-0.05, 0) is 30.7 Å². The Morgan fingerprint density at radius 2 is 1.60 bits per heavy atom. The van der Waals surface area contributed by atoms with Crippen molar-refractivity contribution in [2.45, 2.75) is 25.6 Å². The maximum atomic E-state index is 12.7. The molecule has 0 saturated heterocycles. The predicted octanol–water partition coefficient (Wildman–Crippen LogP) is 2.88. The van der Waals surface area contributed by atoms with Crippen molar-refractivity contribution in [3.05, 3.63) is 35.4 Å². The number of aliphatic hydroxyl groups is 1. The summed E-state index contributed by atoms with van der Waals surface area (Å²) in [4.78, 5) is 12.7. The van der Waals surface area contributed by atoms with E-state index < -0.39 is 17.6 Å².